The Balaban J connectivity index is 2.10. The van der Waals surface area contributed by atoms with Crippen molar-refractivity contribution in [2.45, 2.75) is 20.8 Å². The summed E-state index contributed by atoms with van der Waals surface area (Å²) >= 11 is 0. The molecule has 0 saturated heterocycles. The Hall–Kier alpha value is -2.34. The van der Waals surface area contributed by atoms with Crippen molar-refractivity contribution >= 4 is 21.6 Å². The fraction of sp³-hybridized carbons (Fsp3) is 0.316. The first-order chi connectivity index (χ1) is 11.7. The zero-order valence-corrected chi connectivity index (χ0v) is 15.9. The van der Waals surface area contributed by atoms with Crippen molar-refractivity contribution in [1.82, 2.24) is 5.32 Å². The van der Waals surface area contributed by atoms with Gasteiger partial charge in [-0.05, 0) is 56.2 Å². The minimum Gasteiger partial charge on any atom is -0.350 e. The molecule has 2 rings (SSSR count). The first-order valence-electron chi connectivity index (χ1n) is 8.08. The number of hydrogen-bond donors (Lipinski definition) is 1. The first kappa shape index (κ1) is 19.0. The van der Waals surface area contributed by atoms with Crippen LogP contribution in [0.15, 0.2) is 42.5 Å². The van der Waals surface area contributed by atoms with E-state index < -0.39 is 10.0 Å². The molecule has 0 heterocycles. The fourth-order valence-corrected chi connectivity index (χ4v) is 3.65. The maximum absolute atomic E-state index is 12.2. The van der Waals surface area contributed by atoms with Gasteiger partial charge in [-0.15, -0.1) is 0 Å². The van der Waals surface area contributed by atoms with Crippen molar-refractivity contribution in [2.75, 3.05) is 23.7 Å². The lowest BCUT2D eigenvalue weighted by molar-refractivity contribution is 0.0954. The summed E-state index contributed by atoms with van der Waals surface area (Å²) in [7, 11) is -3.44. The highest BCUT2D eigenvalue weighted by Gasteiger charge is 2.18. The van der Waals surface area contributed by atoms with E-state index in [2.05, 4.69) is 5.32 Å². The van der Waals surface area contributed by atoms with Crippen LogP contribution >= 0.6 is 0 Å². The molecular formula is C19H24N2O3S. The van der Waals surface area contributed by atoms with E-state index in [9.17, 15) is 13.2 Å². The molecule has 134 valence electrons. The molecule has 0 spiro atoms. The average Bonchev–Trinajstić information content (AvgIpc) is 2.49. The normalized spacial score (nSPS) is 11.2. The highest BCUT2D eigenvalue weighted by molar-refractivity contribution is 7.92. The second-order valence-corrected chi connectivity index (χ2v) is 8.21. The van der Waals surface area contributed by atoms with Gasteiger partial charge in [0.25, 0.3) is 5.91 Å². The first-order valence-corrected chi connectivity index (χ1v) is 9.92. The van der Waals surface area contributed by atoms with Gasteiger partial charge in [0.05, 0.1) is 18.5 Å². The van der Waals surface area contributed by atoms with Crippen LogP contribution in [-0.4, -0.2) is 33.7 Å². The van der Waals surface area contributed by atoms with E-state index in [1.165, 1.54) is 10.6 Å². The molecule has 25 heavy (non-hydrogen) atoms. The Morgan fingerprint density at radius 1 is 1.00 bits per heavy atom. The molecule has 0 aliphatic heterocycles. The summed E-state index contributed by atoms with van der Waals surface area (Å²) in [6, 6.07) is 12.9. The lowest BCUT2D eigenvalue weighted by atomic mass is 10.1. The molecule has 0 unspecified atom stereocenters. The van der Waals surface area contributed by atoms with Crippen molar-refractivity contribution in [1.29, 1.82) is 0 Å². The quantitative estimate of drug-likeness (QED) is 0.861. The molecule has 0 bridgehead atoms. The molecule has 1 amide bonds. The summed E-state index contributed by atoms with van der Waals surface area (Å²) in [5.41, 5.74) is 4.17. The third-order valence-corrected chi connectivity index (χ3v) is 4.97. The molecule has 0 saturated carbocycles. The smallest absolute Gasteiger partial charge is 0.251 e. The Morgan fingerprint density at radius 2 is 1.64 bits per heavy atom. The van der Waals surface area contributed by atoms with Crippen molar-refractivity contribution in [3.05, 3.63) is 64.7 Å². The van der Waals surface area contributed by atoms with Crippen molar-refractivity contribution < 1.29 is 13.2 Å². The molecule has 0 atom stereocenters. The molecule has 5 nitrogen and oxygen atoms in total. The second-order valence-electron chi connectivity index (χ2n) is 6.31. The van der Waals surface area contributed by atoms with Crippen LogP contribution in [0.1, 0.15) is 27.0 Å². The number of hydrogen-bond acceptors (Lipinski definition) is 3. The van der Waals surface area contributed by atoms with Gasteiger partial charge in [0, 0.05) is 12.1 Å². The third-order valence-electron chi connectivity index (χ3n) is 3.78. The van der Waals surface area contributed by atoms with Crippen molar-refractivity contribution in [2.24, 2.45) is 0 Å². The van der Waals surface area contributed by atoms with Crippen LogP contribution in [-0.2, 0) is 10.0 Å². The summed E-state index contributed by atoms with van der Waals surface area (Å²) in [4.78, 5) is 12.2. The third kappa shape index (κ3) is 5.32. The minimum atomic E-state index is -3.44. The van der Waals surface area contributed by atoms with E-state index in [1.807, 2.05) is 51.1 Å². The monoisotopic (exact) mass is 360 g/mol. The molecular weight excluding hydrogens is 336 g/mol. The van der Waals surface area contributed by atoms with Gasteiger partial charge in [-0.3, -0.25) is 9.10 Å². The lowest BCUT2D eigenvalue weighted by Gasteiger charge is -2.23. The Bertz CT molecular complexity index is 856. The number of rotatable bonds is 6. The van der Waals surface area contributed by atoms with E-state index in [1.54, 1.807) is 12.1 Å². The molecule has 0 aliphatic carbocycles. The number of benzene rings is 2. The number of carbonyl (C=O) groups is 1. The lowest BCUT2D eigenvalue weighted by Crippen LogP contribution is -2.38. The van der Waals surface area contributed by atoms with Crippen molar-refractivity contribution in [3.8, 4) is 0 Å². The number of carbonyl (C=O) groups excluding carboxylic acids is 1. The van der Waals surface area contributed by atoms with E-state index in [-0.39, 0.29) is 19.0 Å². The minimum absolute atomic E-state index is 0.180. The summed E-state index contributed by atoms with van der Waals surface area (Å²) in [6.45, 7) is 6.18. The van der Waals surface area contributed by atoms with Gasteiger partial charge >= 0.3 is 0 Å². The second kappa shape index (κ2) is 7.70. The van der Waals surface area contributed by atoms with Crippen LogP contribution < -0.4 is 9.62 Å². The van der Waals surface area contributed by atoms with E-state index >= 15 is 0 Å². The summed E-state index contributed by atoms with van der Waals surface area (Å²) in [6.07, 6.45) is 1.17. The summed E-state index contributed by atoms with van der Waals surface area (Å²) in [5.74, 6) is -0.211. The number of aryl methyl sites for hydroxylation is 3. The Labute approximate surface area is 149 Å². The zero-order chi connectivity index (χ0) is 18.6. The van der Waals surface area contributed by atoms with Gasteiger partial charge in [0.2, 0.25) is 10.0 Å². The maximum atomic E-state index is 12.2. The number of nitrogens with zero attached hydrogens (tertiary/aromatic N) is 1. The standard InChI is InChI=1S/C19H24N2O3S/c1-14-6-5-7-17(11-14)19(22)20-8-9-21(25(4,23)24)18-12-15(2)10-16(3)13-18/h5-7,10-13H,8-9H2,1-4H3,(H,20,22). The van der Waals surface area contributed by atoms with Crippen LogP contribution in [0.2, 0.25) is 0 Å². The number of anilines is 1. The predicted molar refractivity (Wildman–Crippen MR) is 102 cm³/mol. The molecule has 6 heteroatoms. The summed E-state index contributed by atoms with van der Waals surface area (Å²) in [5, 5.41) is 2.78. The SMILES string of the molecule is Cc1cccc(C(=O)NCCN(c2cc(C)cc(C)c2)S(C)(=O)=O)c1. The van der Waals surface area contributed by atoms with Crippen LogP contribution in [0.3, 0.4) is 0 Å². The van der Waals surface area contributed by atoms with E-state index in [0.717, 1.165) is 16.7 Å². The Kier molecular flexibility index (Phi) is 5.85. The molecule has 0 radical (unpaired) electrons. The van der Waals surface area contributed by atoms with Crippen LogP contribution in [0.4, 0.5) is 5.69 Å². The van der Waals surface area contributed by atoms with E-state index in [0.29, 0.717) is 11.3 Å². The summed E-state index contributed by atoms with van der Waals surface area (Å²) < 4.78 is 25.6. The highest BCUT2D eigenvalue weighted by Crippen LogP contribution is 2.20. The number of nitrogens with one attached hydrogen (secondary N) is 1. The van der Waals surface area contributed by atoms with Gasteiger partial charge in [0.15, 0.2) is 0 Å². The van der Waals surface area contributed by atoms with Crippen LogP contribution in [0.5, 0.6) is 0 Å². The van der Waals surface area contributed by atoms with Gasteiger partial charge in [-0.25, -0.2) is 8.42 Å². The van der Waals surface area contributed by atoms with Crippen LogP contribution in [0, 0.1) is 20.8 Å². The number of amides is 1. The van der Waals surface area contributed by atoms with Gasteiger partial charge < -0.3 is 5.32 Å². The molecule has 2 aromatic rings. The average molecular weight is 360 g/mol. The molecule has 1 N–H and O–H groups in total. The topological polar surface area (TPSA) is 66.5 Å². The van der Waals surface area contributed by atoms with Gasteiger partial charge in [-0.1, -0.05) is 23.8 Å². The zero-order valence-electron chi connectivity index (χ0n) is 15.0. The molecule has 0 aromatic heterocycles. The fourth-order valence-electron chi connectivity index (χ4n) is 2.74. The van der Waals surface area contributed by atoms with E-state index in [4.69, 9.17) is 0 Å². The predicted octanol–water partition coefficient (Wildman–Crippen LogP) is 2.81. The maximum Gasteiger partial charge on any atom is 0.251 e. The molecule has 0 aliphatic rings. The molecule has 2 aromatic carbocycles. The highest BCUT2D eigenvalue weighted by atomic mass is 32.2. The molecule has 0 fully saturated rings. The largest absolute Gasteiger partial charge is 0.350 e. The van der Waals surface area contributed by atoms with Gasteiger partial charge in [0.1, 0.15) is 0 Å². The Morgan fingerprint density at radius 3 is 2.20 bits per heavy atom. The van der Waals surface area contributed by atoms with Gasteiger partial charge in [-0.2, -0.15) is 0 Å². The number of sulfonamides is 1. The van der Waals surface area contributed by atoms with Crippen molar-refractivity contribution in [3.63, 3.8) is 0 Å². The van der Waals surface area contributed by atoms with Crippen LogP contribution in [0.25, 0.3) is 0 Å².